The molecule has 226 valence electrons. The van der Waals surface area contributed by atoms with E-state index >= 15 is 0 Å². The number of alkyl carbamates (subject to hydrolysis) is 1. The average Bonchev–Trinajstić information content (AvgIpc) is 2.87. The largest absolute Gasteiger partial charge is 0.508 e. The molecule has 2 unspecified atom stereocenters. The number of rotatable bonds is 13. The number of phenolic OH excluding ortho intramolecular Hbond substituents is 1. The minimum Gasteiger partial charge on any atom is -0.508 e. The monoisotopic (exact) mass is 567 g/mol. The molecule has 0 fully saturated rings. The van der Waals surface area contributed by atoms with Crippen LogP contribution in [0.4, 0.5) is 10.5 Å². The number of anilines is 1. The molecule has 2 rings (SSSR count). The molecular weight excluding hydrogens is 518 g/mol. The third-order valence-electron chi connectivity index (χ3n) is 6.87. The molecule has 8 heteroatoms. The van der Waals surface area contributed by atoms with E-state index in [1.165, 1.54) is 12.1 Å². The summed E-state index contributed by atoms with van der Waals surface area (Å²) in [5, 5.41) is 16.1. The van der Waals surface area contributed by atoms with Crippen LogP contribution in [0.25, 0.3) is 0 Å². The number of carbonyl (C=O) groups excluding carboxylic acids is 3. The van der Waals surface area contributed by atoms with E-state index in [0.29, 0.717) is 24.2 Å². The molecule has 3 amide bonds. The lowest BCUT2D eigenvalue weighted by atomic mass is 9.97. The molecule has 8 nitrogen and oxygen atoms in total. The number of carbonyl (C=O) groups is 3. The van der Waals surface area contributed by atoms with E-state index in [9.17, 15) is 19.5 Å². The Bertz CT molecular complexity index is 1150. The van der Waals surface area contributed by atoms with Gasteiger partial charge in [0.1, 0.15) is 23.4 Å². The highest BCUT2D eigenvalue weighted by atomic mass is 16.6. The summed E-state index contributed by atoms with van der Waals surface area (Å²) in [6, 6.07) is 10.2. The zero-order valence-corrected chi connectivity index (χ0v) is 26.0. The highest BCUT2D eigenvalue weighted by molar-refractivity contribution is 6.00. The SMILES string of the molecule is CCCCCCCN(C(=O)C(NC(=O)OC(C)(C)C)C(C)C)C(C(=O)Nc1c(C)cccc1C)c1cccc(O)c1. The van der Waals surface area contributed by atoms with Crippen molar-refractivity contribution in [3.8, 4) is 5.75 Å². The Morgan fingerprint density at radius 1 is 0.951 bits per heavy atom. The fourth-order valence-electron chi connectivity index (χ4n) is 4.75. The molecule has 0 heterocycles. The van der Waals surface area contributed by atoms with Crippen LogP contribution in [0.2, 0.25) is 0 Å². The number of nitrogens with zero attached hydrogens (tertiary/aromatic N) is 1. The minimum absolute atomic E-state index is 0.00462. The second-order valence-corrected chi connectivity index (χ2v) is 12.1. The average molecular weight is 568 g/mol. The predicted octanol–water partition coefficient (Wildman–Crippen LogP) is 7.04. The van der Waals surface area contributed by atoms with Gasteiger partial charge in [0.25, 0.3) is 5.91 Å². The molecule has 2 atom stereocenters. The van der Waals surface area contributed by atoms with Crippen LogP contribution >= 0.6 is 0 Å². The Kier molecular flexibility index (Phi) is 12.7. The number of hydrogen-bond acceptors (Lipinski definition) is 5. The van der Waals surface area contributed by atoms with Gasteiger partial charge < -0.3 is 25.4 Å². The van der Waals surface area contributed by atoms with Crippen molar-refractivity contribution in [1.82, 2.24) is 10.2 Å². The van der Waals surface area contributed by atoms with Gasteiger partial charge in [0.15, 0.2) is 0 Å². The summed E-state index contributed by atoms with van der Waals surface area (Å²) < 4.78 is 5.45. The first-order valence-electron chi connectivity index (χ1n) is 14.7. The zero-order valence-electron chi connectivity index (χ0n) is 26.0. The van der Waals surface area contributed by atoms with Gasteiger partial charge in [-0.05, 0) is 75.8 Å². The predicted molar refractivity (Wildman–Crippen MR) is 164 cm³/mol. The first-order chi connectivity index (χ1) is 19.2. The maximum Gasteiger partial charge on any atom is 0.408 e. The fraction of sp³-hybridized carbons (Fsp3) is 0.545. The molecule has 0 saturated carbocycles. The summed E-state index contributed by atoms with van der Waals surface area (Å²) in [4.78, 5) is 42.7. The highest BCUT2D eigenvalue weighted by Crippen LogP contribution is 2.29. The van der Waals surface area contributed by atoms with Gasteiger partial charge in [-0.1, -0.05) is 76.8 Å². The number of ether oxygens (including phenoxy) is 1. The fourth-order valence-corrected chi connectivity index (χ4v) is 4.75. The molecule has 0 saturated heterocycles. The highest BCUT2D eigenvalue weighted by Gasteiger charge is 2.37. The molecule has 0 bridgehead atoms. The third-order valence-corrected chi connectivity index (χ3v) is 6.87. The summed E-state index contributed by atoms with van der Waals surface area (Å²) in [6.45, 7) is 15.3. The normalized spacial score (nSPS) is 12.9. The lowest BCUT2D eigenvalue weighted by molar-refractivity contribution is -0.141. The number of amides is 3. The number of aromatic hydroxyl groups is 1. The van der Waals surface area contributed by atoms with E-state index in [2.05, 4.69) is 17.6 Å². The molecule has 0 radical (unpaired) electrons. The molecule has 41 heavy (non-hydrogen) atoms. The van der Waals surface area contributed by atoms with Crippen molar-refractivity contribution in [2.75, 3.05) is 11.9 Å². The topological polar surface area (TPSA) is 108 Å². The Morgan fingerprint density at radius 2 is 1.56 bits per heavy atom. The van der Waals surface area contributed by atoms with Crippen molar-refractivity contribution < 1.29 is 24.2 Å². The minimum atomic E-state index is -1.04. The second-order valence-electron chi connectivity index (χ2n) is 12.1. The van der Waals surface area contributed by atoms with Gasteiger partial charge in [0.2, 0.25) is 5.91 Å². The van der Waals surface area contributed by atoms with Crippen LogP contribution in [0.15, 0.2) is 42.5 Å². The van der Waals surface area contributed by atoms with Crippen LogP contribution in [0.5, 0.6) is 5.75 Å². The number of unbranched alkanes of at least 4 members (excludes halogenated alkanes) is 4. The Balaban J connectivity index is 2.56. The number of nitrogens with one attached hydrogen (secondary N) is 2. The quantitative estimate of drug-likeness (QED) is 0.225. The molecule has 0 aliphatic rings. The van der Waals surface area contributed by atoms with Crippen LogP contribution in [0.1, 0.15) is 96.4 Å². The third kappa shape index (κ3) is 10.4. The number of phenols is 1. The van der Waals surface area contributed by atoms with E-state index in [1.807, 2.05) is 45.9 Å². The van der Waals surface area contributed by atoms with E-state index in [-0.39, 0.29) is 17.6 Å². The Labute approximate surface area is 245 Å². The maximum atomic E-state index is 14.3. The molecule has 0 spiro atoms. The molecular formula is C33H49N3O5. The van der Waals surface area contributed by atoms with Crippen molar-refractivity contribution in [2.45, 2.75) is 105 Å². The van der Waals surface area contributed by atoms with Gasteiger partial charge >= 0.3 is 6.09 Å². The number of aryl methyl sites for hydroxylation is 2. The van der Waals surface area contributed by atoms with Gasteiger partial charge in [-0.15, -0.1) is 0 Å². The molecule has 3 N–H and O–H groups in total. The number of benzene rings is 2. The van der Waals surface area contributed by atoms with Crippen molar-refractivity contribution in [3.63, 3.8) is 0 Å². The van der Waals surface area contributed by atoms with Crippen molar-refractivity contribution in [3.05, 3.63) is 59.2 Å². The van der Waals surface area contributed by atoms with E-state index in [1.54, 1.807) is 37.8 Å². The van der Waals surface area contributed by atoms with Crippen LogP contribution in [0.3, 0.4) is 0 Å². The maximum absolute atomic E-state index is 14.3. The van der Waals surface area contributed by atoms with Gasteiger partial charge in [-0.2, -0.15) is 0 Å². The van der Waals surface area contributed by atoms with Crippen LogP contribution in [-0.2, 0) is 14.3 Å². The van der Waals surface area contributed by atoms with Crippen LogP contribution in [0, 0.1) is 19.8 Å². The summed E-state index contributed by atoms with van der Waals surface area (Å²) in [5.74, 6) is -1.06. The van der Waals surface area contributed by atoms with E-state index in [4.69, 9.17) is 4.74 Å². The van der Waals surface area contributed by atoms with E-state index < -0.39 is 29.7 Å². The zero-order chi connectivity index (χ0) is 30.7. The van der Waals surface area contributed by atoms with Crippen molar-refractivity contribution in [1.29, 1.82) is 0 Å². The van der Waals surface area contributed by atoms with E-state index in [0.717, 1.165) is 36.8 Å². The molecule has 0 aromatic heterocycles. The summed E-state index contributed by atoms with van der Waals surface area (Å²) in [5.41, 5.74) is 2.23. The smallest absolute Gasteiger partial charge is 0.408 e. The first kappa shape index (κ1) is 33.7. The van der Waals surface area contributed by atoms with Crippen LogP contribution < -0.4 is 10.6 Å². The molecule has 0 aliphatic heterocycles. The second kappa shape index (κ2) is 15.5. The van der Waals surface area contributed by atoms with Gasteiger partial charge in [-0.3, -0.25) is 9.59 Å². The lowest BCUT2D eigenvalue weighted by Gasteiger charge is -2.36. The van der Waals surface area contributed by atoms with Crippen LogP contribution in [-0.4, -0.2) is 46.1 Å². The van der Waals surface area contributed by atoms with Crippen molar-refractivity contribution in [2.24, 2.45) is 5.92 Å². The summed E-state index contributed by atoms with van der Waals surface area (Å²) >= 11 is 0. The first-order valence-corrected chi connectivity index (χ1v) is 14.7. The van der Waals surface area contributed by atoms with Gasteiger partial charge in [0.05, 0.1) is 0 Å². The van der Waals surface area contributed by atoms with Gasteiger partial charge in [-0.25, -0.2) is 4.79 Å². The Morgan fingerprint density at radius 3 is 2.12 bits per heavy atom. The van der Waals surface area contributed by atoms with Gasteiger partial charge in [0, 0.05) is 12.2 Å². The van der Waals surface area contributed by atoms with Crippen molar-refractivity contribution >= 4 is 23.6 Å². The molecule has 0 aliphatic carbocycles. The number of para-hydroxylation sites is 1. The number of hydrogen-bond donors (Lipinski definition) is 3. The summed E-state index contributed by atoms with van der Waals surface area (Å²) in [7, 11) is 0. The molecule has 2 aromatic rings. The Hall–Kier alpha value is -3.55. The summed E-state index contributed by atoms with van der Waals surface area (Å²) in [6.07, 6.45) is 4.09. The lowest BCUT2D eigenvalue weighted by Crippen LogP contribution is -2.54. The standard InChI is InChI=1S/C33H49N3O5/c1-9-10-11-12-13-20-36(31(39)27(22(2)3)35-32(40)41-33(6,7)8)29(25-18-15-19-26(37)21-25)30(38)34-28-23(4)16-14-17-24(28)5/h14-19,21-22,27,29,37H,9-13,20H2,1-8H3,(H,34,38)(H,35,40). The molecule has 2 aromatic carbocycles.